The second kappa shape index (κ2) is 7.60. The van der Waals surface area contributed by atoms with Crippen LogP contribution >= 0.6 is 0 Å². The zero-order chi connectivity index (χ0) is 15.1. The molecule has 1 amide bonds. The fourth-order valence-corrected chi connectivity index (χ4v) is 3.27. The molecule has 0 aliphatic carbocycles. The maximum absolute atomic E-state index is 13.0. The number of hydrogen-bond donors (Lipinski definition) is 1. The van der Waals surface area contributed by atoms with Crippen LogP contribution in [0.2, 0.25) is 0 Å². The van der Waals surface area contributed by atoms with E-state index in [0.29, 0.717) is 5.91 Å². The summed E-state index contributed by atoms with van der Waals surface area (Å²) in [5.41, 5.74) is 1.18. The Kier molecular flexibility index (Phi) is 5.80. The van der Waals surface area contributed by atoms with E-state index in [0.717, 1.165) is 51.9 Å². The minimum Gasteiger partial charge on any atom is -0.342 e. The number of hydrogen-bond acceptors (Lipinski definition) is 2. The molecule has 3 nitrogen and oxygen atoms in total. The van der Waals surface area contributed by atoms with Gasteiger partial charge in [0.1, 0.15) is 0 Å². The molecule has 0 saturated carbocycles. The number of amides is 1. The molecule has 0 atom stereocenters. The predicted molar refractivity (Wildman–Crippen MR) is 87.2 cm³/mol. The molecule has 0 spiro atoms. The van der Waals surface area contributed by atoms with E-state index in [1.807, 2.05) is 6.07 Å². The van der Waals surface area contributed by atoms with Crippen LogP contribution in [0.25, 0.3) is 0 Å². The Morgan fingerprint density at radius 2 is 1.86 bits per heavy atom. The summed E-state index contributed by atoms with van der Waals surface area (Å²) in [6, 6.07) is 10.4. The normalized spacial score (nSPS) is 17.4. The van der Waals surface area contributed by atoms with Gasteiger partial charge in [0.2, 0.25) is 5.91 Å². The Morgan fingerprint density at radius 1 is 1.19 bits per heavy atom. The minimum absolute atomic E-state index is 0.127. The molecule has 21 heavy (non-hydrogen) atoms. The van der Waals surface area contributed by atoms with Crippen LogP contribution in [0.15, 0.2) is 30.3 Å². The van der Waals surface area contributed by atoms with Gasteiger partial charge in [-0.25, -0.2) is 0 Å². The van der Waals surface area contributed by atoms with Crippen molar-refractivity contribution < 1.29 is 4.79 Å². The predicted octanol–water partition coefficient (Wildman–Crippen LogP) is 2.86. The first-order valence-corrected chi connectivity index (χ1v) is 8.26. The summed E-state index contributed by atoms with van der Waals surface area (Å²) in [6.45, 7) is 7.82. The Morgan fingerprint density at radius 3 is 2.43 bits per heavy atom. The highest BCUT2D eigenvalue weighted by Crippen LogP contribution is 2.34. The van der Waals surface area contributed by atoms with Gasteiger partial charge in [-0.05, 0) is 51.3 Å². The van der Waals surface area contributed by atoms with Crippen molar-refractivity contribution in [3.05, 3.63) is 35.9 Å². The summed E-state index contributed by atoms with van der Waals surface area (Å²) in [5.74, 6) is 0.366. The van der Waals surface area contributed by atoms with E-state index in [2.05, 4.69) is 48.3 Å². The van der Waals surface area contributed by atoms with Crippen molar-refractivity contribution >= 4 is 5.91 Å². The third-order valence-corrected chi connectivity index (χ3v) is 4.87. The second-order valence-electron chi connectivity index (χ2n) is 6.00. The zero-order valence-corrected chi connectivity index (χ0v) is 13.4. The van der Waals surface area contributed by atoms with Crippen LogP contribution in [-0.2, 0) is 11.2 Å². The smallest absolute Gasteiger partial charge is 0.228 e. The molecule has 0 aromatic heterocycles. The van der Waals surface area contributed by atoms with Crippen molar-refractivity contribution in [2.45, 2.75) is 39.5 Å². The van der Waals surface area contributed by atoms with Crippen molar-refractivity contribution in [1.82, 2.24) is 10.2 Å². The second-order valence-corrected chi connectivity index (χ2v) is 6.00. The van der Waals surface area contributed by atoms with E-state index in [4.69, 9.17) is 0 Å². The van der Waals surface area contributed by atoms with Gasteiger partial charge in [0.25, 0.3) is 0 Å². The zero-order valence-electron chi connectivity index (χ0n) is 13.4. The number of likely N-dealkylation sites (N-methyl/N-ethyl adjacent to an activating group) is 1. The van der Waals surface area contributed by atoms with Crippen LogP contribution in [0, 0.1) is 5.41 Å². The van der Waals surface area contributed by atoms with Crippen molar-refractivity contribution in [2.75, 3.05) is 26.2 Å². The molecule has 116 valence electrons. The Hall–Kier alpha value is -1.35. The van der Waals surface area contributed by atoms with E-state index in [9.17, 15) is 4.79 Å². The summed E-state index contributed by atoms with van der Waals surface area (Å²) in [4.78, 5) is 15.1. The lowest BCUT2D eigenvalue weighted by atomic mass is 9.75. The first kappa shape index (κ1) is 16.0. The highest BCUT2D eigenvalue weighted by atomic mass is 16.2. The standard InChI is InChI=1S/C18H28N2O/c1-3-18(11-13-19-14-12-18)17(21)20(4-2)15-10-16-8-6-5-7-9-16/h5-9,19H,3-4,10-15H2,1-2H3. The van der Waals surface area contributed by atoms with E-state index in [1.165, 1.54) is 5.56 Å². The summed E-state index contributed by atoms with van der Waals surface area (Å²) in [6.07, 6.45) is 3.85. The highest BCUT2D eigenvalue weighted by molar-refractivity contribution is 5.83. The maximum Gasteiger partial charge on any atom is 0.228 e. The lowest BCUT2D eigenvalue weighted by molar-refractivity contribution is -0.144. The van der Waals surface area contributed by atoms with Crippen LogP contribution < -0.4 is 5.32 Å². The van der Waals surface area contributed by atoms with Gasteiger partial charge < -0.3 is 10.2 Å². The van der Waals surface area contributed by atoms with Crippen LogP contribution in [0.5, 0.6) is 0 Å². The third kappa shape index (κ3) is 3.85. The molecule has 3 heteroatoms. The SMILES string of the molecule is CCN(CCc1ccccc1)C(=O)C1(CC)CCNCC1. The quantitative estimate of drug-likeness (QED) is 0.873. The molecule has 1 aliphatic heterocycles. The van der Waals surface area contributed by atoms with Crippen molar-refractivity contribution in [1.29, 1.82) is 0 Å². The van der Waals surface area contributed by atoms with E-state index in [-0.39, 0.29) is 5.41 Å². The number of benzene rings is 1. The molecule has 1 saturated heterocycles. The van der Waals surface area contributed by atoms with Gasteiger partial charge in [-0.3, -0.25) is 4.79 Å². The van der Waals surface area contributed by atoms with Crippen LogP contribution in [-0.4, -0.2) is 37.0 Å². The molecule has 1 aromatic carbocycles. The summed E-state index contributed by atoms with van der Waals surface area (Å²) >= 11 is 0. The molecule has 1 aromatic rings. The fraction of sp³-hybridized carbons (Fsp3) is 0.611. The number of nitrogens with one attached hydrogen (secondary N) is 1. The Bertz CT molecular complexity index is 438. The molecular formula is C18H28N2O. The van der Waals surface area contributed by atoms with Crippen molar-refractivity contribution in [3.63, 3.8) is 0 Å². The molecule has 1 N–H and O–H groups in total. The molecule has 0 bridgehead atoms. The number of rotatable bonds is 6. The van der Waals surface area contributed by atoms with Gasteiger partial charge in [0.05, 0.1) is 5.41 Å². The van der Waals surface area contributed by atoms with Crippen LogP contribution in [0.1, 0.15) is 38.7 Å². The van der Waals surface area contributed by atoms with Gasteiger partial charge >= 0.3 is 0 Å². The average molecular weight is 288 g/mol. The van der Waals surface area contributed by atoms with Crippen LogP contribution in [0.3, 0.4) is 0 Å². The van der Waals surface area contributed by atoms with Crippen molar-refractivity contribution in [3.8, 4) is 0 Å². The van der Waals surface area contributed by atoms with Gasteiger partial charge in [-0.1, -0.05) is 37.3 Å². The van der Waals surface area contributed by atoms with Gasteiger partial charge in [-0.2, -0.15) is 0 Å². The minimum atomic E-state index is -0.127. The molecular weight excluding hydrogens is 260 g/mol. The lowest BCUT2D eigenvalue weighted by Gasteiger charge is -2.39. The third-order valence-electron chi connectivity index (χ3n) is 4.87. The Balaban J connectivity index is 2.00. The van der Waals surface area contributed by atoms with E-state index < -0.39 is 0 Å². The Labute approximate surface area is 128 Å². The number of carbonyl (C=O) groups is 1. The van der Waals surface area contributed by atoms with Crippen LogP contribution in [0.4, 0.5) is 0 Å². The summed E-state index contributed by atoms with van der Waals surface area (Å²) in [5, 5.41) is 3.37. The fourth-order valence-electron chi connectivity index (χ4n) is 3.27. The first-order chi connectivity index (χ1) is 10.2. The molecule has 0 unspecified atom stereocenters. The molecule has 1 aliphatic rings. The number of carbonyl (C=O) groups excluding carboxylic acids is 1. The summed E-state index contributed by atoms with van der Waals surface area (Å²) < 4.78 is 0. The summed E-state index contributed by atoms with van der Waals surface area (Å²) in [7, 11) is 0. The monoisotopic (exact) mass is 288 g/mol. The van der Waals surface area contributed by atoms with Crippen molar-refractivity contribution in [2.24, 2.45) is 5.41 Å². The highest BCUT2D eigenvalue weighted by Gasteiger charge is 2.39. The molecule has 1 fully saturated rings. The molecule has 2 rings (SSSR count). The van der Waals surface area contributed by atoms with Gasteiger partial charge in [-0.15, -0.1) is 0 Å². The first-order valence-electron chi connectivity index (χ1n) is 8.26. The van der Waals surface area contributed by atoms with Gasteiger partial charge in [0.15, 0.2) is 0 Å². The topological polar surface area (TPSA) is 32.3 Å². The number of piperidine rings is 1. The molecule has 1 heterocycles. The number of nitrogens with zero attached hydrogens (tertiary/aromatic N) is 1. The van der Waals surface area contributed by atoms with Gasteiger partial charge in [0, 0.05) is 13.1 Å². The average Bonchev–Trinajstić information content (AvgIpc) is 2.56. The van der Waals surface area contributed by atoms with E-state index >= 15 is 0 Å². The van der Waals surface area contributed by atoms with E-state index in [1.54, 1.807) is 0 Å². The molecule has 0 radical (unpaired) electrons. The lowest BCUT2D eigenvalue weighted by Crippen LogP contribution is -2.49. The largest absolute Gasteiger partial charge is 0.342 e. The maximum atomic E-state index is 13.0.